The summed E-state index contributed by atoms with van der Waals surface area (Å²) in [6.45, 7) is 5.93. The Balaban J connectivity index is 2.00. The number of aliphatic hydroxyl groups is 1. The number of halogens is 2. The molecule has 8 nitrogen and oxygen atoms in total. The van der Waals surface area contributed by atoms with Crippen LogP contribution in [0.2, 0.25) is 0 Å². The molecule has 2 N–H and O–H groups in total. The van der Waals surface area contributed by atoms with E-state index in [0.29, 0.717) is 24.9 Å². The number of piperidine rings is 1. The molecule has 0 aliphatic carbocycles. The normalized spacial score (nSPS) is 18.4. The van der Waals surface area contributed by atoms with Gasteiger partial charge in [-0.15, -0.1) is 0 Å². The van der Waals surface area contributed by atoms with Gasteiger partial charge in [0, 0.05) is 24.7 Å². The third-order valence-corrected chi connectivity index (χ3v) is 4.53. The number of hydrogen-bond donors (Lipinski definition) is 2. The highest BCUT2D eigenvalue weighted by Crippen LogP contribution is 2.33. The molecule has 0 bridgehead atoms. The van der Waals surface area contributed by atoms with Gasteiger partial charge in [-0.3, -0.25) is 4.79 Å². The van der Waals surface area contributed by atoms with Crippen LogP contribution in [-0.2, 0) is 4.79 Å². The van der Waals surface area contributed by atoms with Gasteiger partial charge in [-0.2, -0.15) is 10.1 Å². The number of aromatic nitrogens is 4. The quantitative estimate of drug-likeness (QED) is 0.369. The fourth-order valence-electron chi connectivity index (χ4n) is 3.08. The Morgan fingerprint density at radius 2 is 2.26 bits per heavy atom. The summed E-state index contributed by atoms with van der Waals surface area (Å²) in [7, 11) is 0. The minimum absolute atomic E-state index is 0.0466. The molecule has 0 unspecified atom stereocenters. The first-order chi connectivity index (χ1) is 12.8. The molecule has 3 heterocycles. The van der Waals surface area contributed by atoms with E-state index < -0.39 is 23.9 Å². The number of rotatable bonds is 4. The third kappa shape index (κ3) is 3.42. The lowest BCUT2D eigenvalue weighted by Gasteiger charge is -2.35. The van der Waals surface area contributed by atoms with Gasteiger partial charge in [-0.1, -0.05) is 12.2 Å². The molecule has 0 spiro atoms. The van der Waals surface area contributed by atoms with E-state index in [1.807, 2.05) is 0 Å². The minimum Gasteiger partial charge on any atom is -0.515 e. The van der Waals surface area contributed by atoms with Gasteiger partial charge in [0.05, 0.1) is 17.5 Å². The summed E-state index contributed by atoms with van der Waals surface area (Å²) in [5.41, 5.74) is 0.578. The van der Waals surface area contributed by atoms with Crippen LogP contribution < -0.4 is 0 Å². The van der Waals surface area contributed by atoms with E-state index >= 15 is 0 Å². The van der Waals surface area contributed by atoms with Gasteiger partial charge >= 0.3 is 0 Å². The fraction of sp³-hybridized carbons (Fsp3) is 0.353. The Morgan fingerprint density at radius 1 is 1.52 bits per heavy atom. The molecule has 2 aromatic heterocycles. The number of nitrogens with one attached hydrogen (secondary N) is 1. The largest absolute Gasteiger partial charge is 0.515 e. The third-order valence-electron chi connectivity index (χ3n) is 4.53. The van der Waals surface area contributed by atoms with Gasteiger partial charge in [-0.05, 0) is 19.4 Å². The number of aliphatic hydroxyl groups excluding tert-OH is 1. The Kier molecular flexibility index (Phi) is 4.98. The predicted octanol–water partition coefficient (Wildman–Crippen LogP) is 2.42. The second kappa shape index (κ2) is 7.22. The molecular formula is C17H18F2N6O2. The van der Waals surface area contributed by atoms with Gasteiger partial charge in [0.2, 0.25) is 0 Å². The molecule has 10 heteroatoms. The maximum atomic E-state index is 13.2. The van der Waals surface area contributed by atoms with Crippen LogP contribution in [0.3, 0.4) is 0 Å². The zero-order valence-corrected chi connectivity index (χ0v) is 14.6. The summed E-state index contributed by atoms with van der Waals surface area (Å²) in [4.78, 5) is 21.7. The number of carbonyl (C=O) groups excluding carboxylic acids is 1. The van der Waals surface area contributed by atoms with Crippen molar-refractivity contribution in [1.82, 2.24) is 24.5 Å². The van der Waals surface area contributed by atoms with Crippen LogP contribution >= 0.6 is 0 Å². The van der Waals surface area contributed by atoms with Crippen molar-refractivity contribution in [2.45, 2.75) is 25.7 Å². The van der Waals surface area contributed by atoms with Crippen LogP contribution in [0.1, 0.15) is 37.1 Å². The topological polar surface area (TPSA) is 107 Å². The van der Waals surface area contributed by atoms with Crippen LogP contribution in [0.15, 0.2) is 36.4 Å². The fourth-order valence-corrected chi connectivity index (χ4v) is 3.08. The van der Waals surface area contributed by atoms with E-state index in [-0.39, 0.29) is 23.6 Å². The molecule has 3 rings (SSSR count). The summed E-state index contributed by atoms with van der Waals surface area (Å²) in [6, 6.07) is 1.25. The summed E-state index contributed by atoms with van der Waals surface area (Å²) in [6.07, 6.45) is -0.487. The van der Waals surface area contributed by atoms with E-state index in [9.17, 15) is 18.7 Å². The summed E-state index contributed by atoms with van der Waals surface area (Å²) >= 11 is 0. The van der Waals surface area contributed by atoms with Gasteiger partial charge in [0.25, 0.3) is 18.1 Å². The van der Waals surface area contributed by atoms with Crippen LogP contribution in [0.4, 0.5) is 8.78 Å². The number of fused-ring (bicyclic) bond motifs is 1. The van der Waals surface area contributed by atoms with Crippen molar-refractivity contribution < 1.29 is 18.7 Å². The predicted molar refractivity (Wildman–Crippen MR) is 92.9 cm³/mol. The highest BCUT2D eigenvalue weighted by atomic mass is 19.3. The summed E-state index contributed by atoms with van der Waals surface area (Å²) < 4.78 is 27.8. The highest BCUT2D eigenvalue weighted by Gasteiger charge is 2.32. The second-order valence-corrected chi connectivity index (χ2v) is 6.26. The van der Waals surface area contributed by atoms with Crippen LogP contribution in [0, 0.1) is 5.41 Å². The van der Waals surface area contributed by atoms with E-state index in [1.54, 1.807) is 0 Å². The first-order valence-electron chi connectivity index (χ1n) is 8.19. The highest BCUT2D eigenvalue weighted by molar-refractivity contribution is 6.19. The molecule has 1 atom stereocenters. The molecule has 0 aromatic carbocycles. The number of amides is 1. The van der Waals surface area contributed by atoms with Crippen molar-refractivity contribution in [3.05, 3.63) is 47.8 Å². The molecule has 1 aliphatic rings. The maximum Gasteiger partial charge on any atom is 0.280 e. The Hall–Kier alpha value is -3.17. The first-order valence-corrected chi connectivity index (χ1v) is 8.19. The molecule has 142 valence electrons. The molecule has 1 amide bonds. The molecular weight excluding hydrogens is 358 g/mol. The average molecular weight is 376 g/mol. The molecule has 27 heavy (non-hydrogen) atoms. The molecule has 1 fully saturated rings. The summed E-state index contributed by atoms with van der Waals surface area (Å²) in [5, 5.41) is 20.9. The summed E-state index contributed by atoms with van der Waals surface area (Å²) in [5.74, 6) is -0.913. The molecule has 1 aliphatic heterocycles. The number of likely N-dealkylation sites (tertiary alicyclic amines) is 1. The van der Waals surface area contributed by atoms with Gasteiger partial charge in [0.1, 0.15) is 12.0 Å². The van der Waals surface area contributed by atoms with Crippen LogP contribution in [0.5, 0.6) is 0 Å². The number of hydrogen-bond acceptors (Lipinski definition) is 6. The smallest absolute Gasteiger partial charge is 0.280 e. The van der Waals surface area contributed by atoms with Crippen molar-refractivity contribution in [3.8, 4) is 0 Å². The van der Waals surface area contributed by atoms with Gasteiger partial charge in [-0.25, -0.2) is 18.3 Å². The van der Waals surface area contributed by atoms with Crippen LogP contribution in [-0.4, -0.2) is 54.3 Å². The molecule has 0 radical (unpaired) electrons. The van der Waals surface area contributed by atoms with Gasteiger partial charge < -0.3 is 15.4 Å². The Labute approximate surface area is 153 Å². The average Bonchev–Trinajstić information content (AvgIpc) is 3.10. The standard InChI is InChI=1S/C17H18F2N6O2/c1-9-3-4-24(16(27)12(7-26)10(2)20)6-11(9)14-5-13(15(18)19)23-17-21-8-22-25(14)17/h5,7-8,11,15,20,26H,1,3-4,6H2,2H3/b12-7+,20-10?/t11-/m1/s1. The Morgan fingerprint density at radius 3 is 2.89 bits per heavy atom. The van der Waals surface area contributed by atoms with Crippen molar-refractivity contribution >= 4 is 17.4 Å². The lowest BCUT2D eigenvalue weighted by atomic mass is 9.89. The van der Waals surface area contributed by atoms with Crippen LogP contribution in [0.25, 0.3) is 5.78 Å². The minimum atomic E-state index is -2.77. The maximum absolute atomic E-state index is 13.2. The van der Waals surface area contributed by atoms with Crippen molar-refractivity contribution in [2.75, 3.05) is 13.1 Å². The van der Waals surface area contributed by atoms with Gasteiger partial charge in [0.15, 0.2) is 0 Å². The molecule has 2 aromatic rings. The van der Waals surface area contributed by atoms with Crippen molar-refractivity contribution in [2.24, 2.45) is 0 Å². The zero-order valence-electron chi connectivity index (χ0n) is 14.6. The number of carbonyl (C=O) groups is 1. The zero-order chi connectivity index (χ0) is 19.7. The van der Waals surface area contributed by atoms with E-state index in [1.165, 1.54) is 28.7 Å². The SMILES string of the molecule is C=C1CCN(C(=O)/C(=C/O)C(C)=N)C[C@H]1c1cc(C(F)F)nc2ncnn12. The van der Waals surface area contributed by atoms with E-state index in [2.05, 4.69) is 21.6 Å². The Bertz CT molecular complexity index is 952. The monoisotopic (exact) mass is 376 g/mol. The van der Waals surface area contributed by atoms with Crippen molar-refractivity contribution in [1.29, 1.82) is 5.41 Å². The molecule has 1 saturated heterocycles. The second-order valence-electron chi connectivity index (χ2n) is 6.26. The lowest BCUT2D eigenvalue weighted by Crippen LogP contribution is -2.42. The first kappa shape index (κ1) is 18.6. The van der Waals surface area contributed by atoms with E-state index in [0.717, 1.165) is 5.57 Å². The number of nitrogens with zero attached hydrogens (tertiary/aromatic N) is 5. The number of alkyl halides is 2. The lowest BCUT2D eigenvalue weighted by molar-refractivity contribution is -0.127. The van der Waals surface area contributed by atoms with E-state index in [4.69, 9.17) is 5.41 Å². The van der Waals surface area contributed by atoms with Crippen molar-refractivity contribution in [3.63, 3.8) is 0 Å². The molecule has 0 saturated carbocycles.